The van der Waals surface area contributed by atoms with Gasteiger partial charge in [-0.1, -0.05) is 25.9 Å². The Labute approximate surface area is 54.4 Å². The van der Waals surface area contributed by atoms with Crippen LogP contribution in [0.4, 0.5) is 0 Å². The molecule has 0 aromatic carbocycles. The largest absolute Gasteiger partial charge is 0.411 e. The molecule has 0 rings (SSSR count). The van der Waals surface area contributed by atoms with E-state index in [0.717, 1.165) is 6.21 Å². The van der Waals surface area contributed by atoms with Crippen LogP contribution in [0, 0.1) is 5.41 Å². The van der Waals surface area contributed by atoms with Crippen LogP contribution in [0.3, 0.4) is 0 Å². The normalized spacial score (nSPS) is 12.3. The first kappa shape index (κ1) is 8.14. The van der Waals surface area contributed by atoms with Crippen molar-refractivity contribution in [2.45, 2.75) is 20.8 Å². The van der Waals surface area contributed by atoms with Crippen molar-refractivity contribution in [3.63, 3.8) is 0 Å². The summed E-state index contributed by atoms with van der Waals surface area (Å²) in [5.74, 6) is -0.176. The monoisotopic (exact) mass is 129 g/mol. The first-order valence-corrected chi connectivity index (χ1v) is 2.70. The third-order valence-corrected chi connectivity index (χ3v) is 0.914. The number of carbonyl (C=O) groups is 1. The first-order valence-electron chi connectivity index (χ1n) is 2.70. The molecule has 0 bridgehead atoms. The highest BCUT2D eigenvalue weighted by Gasteiger charge is 2.18. The molecule has 3 heteroatoms. The number of oxime groups is 1. The minimum Gasteiger partial charge on any atom is -0.411 e. The average Bonchev–Trinajstić information content (AvgIpc) is 1.64. The number of rotatable bonds is 1. The van der Waals surface area contributed by atoms with Crippen LogP contribution in [0.25, 0.3) is 0 Å². The third kappa shape index (κ3) is 2.85. The van der Waals surface area contributed by atoms with Gasteiger partial charge in [-0.2, -0.15) is 0 Å². The summed E-state index contributed by atoms with van der Waals surface area (Å²) < 4.78 is 0. The molecule has 0 radical (unpaired) electrons. The number of carbonyl (C=O) groups excluding carboxylic acids is 1. The second-order valence-electron chi connectivity index (χ2n) is 2.86. The molecule has 0 aliphatic carbocycles. The molecule has 52 valence electrons. The summed E-state index contributed by atoms with van der Waals surface area (Å²) in [6.07, 6.45) is 0.917. The second kappa shape index (κ2) is 2.62. The molecule has 0 spiro atoms. The molecule has 0 aromatic rings. The molecule has 0 amide bonds. The Hall–Kier alpha value is -0.860. The Morgan fingerprint density at radius 1 is 1.56 bits per heavy atom. The van der Waals surface area contributed by atoms with Crippen LogP contribution in [-0.4, -0.2) is 17.2 Å². The van der Waals surface area contributed by atoms with E-state index in [0.29, 0.717) is 0 Å². The number of hydrogen-bond donors (Lipinski definition) is 1. The fourth-order valence-corrected chi connectivity index (χ4v) is 0.246. The minimum absolute atomic E-state index is 0.176. The standard InChI is InChI=1S/C6H11NO2/c1-6(2,3)5(8)4-7-9/h4,9H,1-3H3/b7-4+. The number of nitrogens with zero attached hydrogens (tertiary/aromatic N) is 1. The molecule has 0 fully saturated rings. The molecule has 0 saturated heterocycles. The van der Waals surface area contributed by atoms with Gasteiger partial charge < -0.3 is 5.21 Å². The van der Waals surface area contributed by atoms with Crippen molar-refractivity contribution < 1.29 is 10.0 Å². The van der Waals surface area contributed by atoms with Crippen LogP contribution >= 0.6 is 0 Å². The fourth-order valence-electron chi connectivity index (χ4n) is 0.246. The van der Waals surface area contributed by atoms with Gasteiger partial charge in [0.05, 0.1) is 0 Å². The highest BCUT2D eigenvalue weighted by atomic mass is 16.4. The van der Waals surface area contributed by atoms with Crippen LogP contribution in [0.5, 0.6) is 0 Å². The smallest absolute Gasteiger partial charge is 0.182 e. The summed E-state index contributed by atoms with van der Waals surface area (Å²) in [4.78, 5) is 10.8. The van der Waals surface area contributed by atoms with Crippen molar-refractivity contribution in [2.24, 2.45) is 10.6 Å². The first-order chi connectivity index (χ1) is 3.98. The van der Waals surface area contributed by atoms with Gasteiger partial charge in [-0.3, -0.25) is 4.79 Å². The molecule has 0 aliphatic rings. The molecule has 9 heavy (non-hydrogen) atoms. The summed E-state index contributed by atoms with van der Waals surface area (Å²) in [6.45, 7) is 5.28. The van der Waals surface area contributed by atoms with Crippen LogP contribution in [-0.2, 0) is 4.79 Å². The van der Waals surface area contributed by atoms with Gasteiger partial charge in [-0.15, -0.1) is 0 Å². The SMILES string of the molecule is CC(C)(C)C(=O)/C=N/O. The lowest BCUT2D eigenvalue weighted by Gasteiger charge is -2.11. The fraction of sp³-hybridized carbons (Fsp3) is 0.667. The Balaban J connectivity index is 4.06. The highest BCUT2D eigenvalue weighted by Crippen LogP contribution is 2.12. The summed E-state index contributed by atoms with van der Waals surface area (Å²) >= 11 is 0. The van der Waals surface area contributed by atoms with Crippen molar-refractivity contribution >= 4 is 12.0 Å². The highest BCUT2D eigenvalue weighted by molar-refractivity contribution is 6.29. The van der Waals surface area contributed by atoms with Crippen LogP contribution in [0.15, 0.2) is 5.16 Å². The summed E-state index contributed by atoms with van der Waals surface area (Å²) in [6, 6.07) is 0. The predicted octanol–water partition coefficient (Wildman–Crippen LogP) is 1.06. The third-order valence-electron chi connectivity index (χ3n) is 0.914. The van der Waals surface area contributed by atoms with E-state index >= 15 is 0 Å². The van der Waals surface area contributed by atoms with Crippen molar-refractivity contribution in [3.05, 3.63) is 0 Å². The quantitative estimate of drug-likeness (QED) is 0.327. The zero-order chi connectivity index (χ0) is 7.49. The molecule has 0 heterocycles. The Bertz CT molecular complexity index is 132. The molecule has 3 nitrogen and oxygen atoms in total. The minimum atomic E-state index is -0.438. The maximum Gasteiger partial charge on any atom is 0.182 e. The second-order valence-corrected chi connectivity index (χ2v) is 2.86. The van der Waals surface area contributed by atoms with E-state index in [4.69, 9.17) is 5.21 Å². The molecule has 0 saturated carbocycles. The molecule has 0 atom stereocenters. The molecule has 1 N–H and O–H groups in total. The lowest BCUT2D eigenvalue weighted by molar-refractivity contribution is -0.119. The van der Waals surface area contributed by atoms with E-state index in [1.807, 2.05) is 0 Å². The van der Waals surface area contributed by atoms with Gasteiger partial charge in [0.15, 0.2) is 5.78 Å². The number of hydrogen-bond acceptors (Lipinski definition) is 3. The van der Waals surface area contributed by atoms with Gasteiger partial charge in [0.2, 0.25) is 0 Å². The molecular weight excluding hydrogens is 118 g/mol. The molecule has 0 aromatic heterocycles. The Morgan fingerprint density at radius 3 is 2.11 bits per heavy atom. The van der Waals surface area contributed by atoms with E-state index in [9.17, 15) is 4.79 Å². The number of Topliss-reactive ketones (excluding diaryl/α,β-unsaturated/α-hetero) is 1. The van der Waals surface area contributed by atoms with Gasteiger partial charge in [-0.05, 0) is 0 Å². The van der Waals surface area contributed by atoms with Crippen molar-refractivity contribution in [1.82, 2.24) is 0 Å². The van der Waals surface area contributed by atoms with Gasteiger partial charge in [0, 0.05) is 5.41 Å². The Morgan fingerprint density at radius 2 is 2.00 bits per heavy atom. The van der Waals surface area contributed by atoms with Crippen molar-refractivity contribution in [1.29, 1.82) is 0 Å². The van der Waals surface area contributed by atoms with Crippen LogP contribution in [0.1, 0.15) is 20.8 Å². The van der Waals surface area contributed by atoms with Crippen molar-refractivity contribution in [3.8, 4) is 0 Å². The molecule has 0 aliphatic heterocycles. The van der Waals surface area contributed by atoms with Crippen LogP contribution < -0.4 is 0 Å². The maximum atomic E-state index is 10.8. The van der Waals surface area contributed by atoms with E-state index < -0.39 is 5.41 Å². The van der Waals surface area contributed by atoms with Gasteiger partial charge >= 0.3 is 0 Å². The lowest BCUT2D eigenvalue weighted by atomic mass is 9.92. The predicted molar refractivity (Wildman–Crippen MR) is 34.7 cm³/mol. The summed E-state index contributed by atoms with van der Waals surface area (Å²) in [7, 11) is 0. The maximum absolute atomic E-state index is 10.8. The van der Waals surface area contributed by atoms with Gasteiger partial charge in [0.1, 0.15) is 6.21 Å². The summed E-state index contributed by atoms with van der Waals surface area (Å²) in [5.41, 5.74) is -0.438. The van der Waals surface area contributed by atoms with Crippen molar-refractivity contribution in [2.75, 3.05) is 0 Å². The van der Waals surface area contributed by atoms with E-state index in [-0.39, 0.29) is 5.78 Å². The van der Waals surface area contributed by atoms with Crippen LogP contribution in [0.2, 0.25) is 0 Å². The van der Waals surface area contributed by atoms with E-state index in [1.165, 1.54) is 0 Å². The zero-order valence-electron chi connectivity index (χ0n) is 5.88. The number of ketones is 1. The molecular formula is C6H11NO2. The molecule has 0 unspecified atom stereocenters. The average molecular weight is 129 g/mol. The van der Waals surface area contributed by atoms with E-state index in [2.05, 4.69) is 5.16 Å². The summed E-state index contributed by atoms with van der Waals surface area (Å²) in [5, 5.41) is 10.6. The lowest BCUT2D eigenvalue weighted by Crippen LogP contribution is -2.20. The zero-order valence-corrected chi connectivity index (χ0v) is 5.88. The Kier molecular flexibility index (Phi) is 2.37. The topological polar surface area (TPSA) is 49.7 Å². The van der Waals surface area contributed by atoms with Gasteiger partial charge in [0.25, 0.3) is 0 Å². The van der Waals surface area contributed by atoms with E-state index in [1.54, 1.807) is 20.8 Å². The van der Waals surface area contributed by atoms with Gasteiger partial charge in [-0.25, -0.2) is 0 Å².